The van der Waals surface area contributed by atoms with Crippen molar-refractivity contribution in [1.29, 1.82) is 0 Å². The third-order valence-corrected chi connectivity index (χ3v) is 6.33. The zero-order valence-electron chi connectivity index (χ0n) is 16.7. The zero-order valence-corrected chi connectivity index (χ0v) is 16.7. The van der Waals surface area contributed by atoms with E-state index in [-0.39, 0.29) is 24.3 Å². The molecular formula is C21H37NO4. The van der Waals surface area contributed by atoms with Gasteiger partial charge in [-0.3, -0.25) is 4.79 Å². The van der Waals surface area contributed by atoms with Crippen LogP contribution in [0.5, 0.6) is 0 Å². The molecule has 0 bridgehead atoms. The van der Waals surface area contributed by atoms with Gasteiger partial charge >= 0.3 is 5.97 Å². The molecule has 2 saturated carbocycles. The molecule has 0 aromatic carbocycles. The summed E-state index contributed by atoms with van der Waals surface area (Å²) in [4.78, 5) is 15.1. The predicted octanol–water partition coefficient (Wildman–Crippen LogP) is 3.61. The van der Waals surface area contributed by atoms with Crippen LogP contribution in [0.4, 0.5) is 0 Å². The Morgan fingerprint density at radius 1 is 1.00 bits per heavy atom. The van der Waals surface area contributed by atoms with Crippen LogP contribution in [-0.2, 0) is 19.0 Å². The van der Waals surface area contributed by atoms with Crippen LogP contribution in [-0.4, -0.2) is 57.1 Å². The van der Waals surface area contributed by atoms with Gasteiger partial charge in [-0.2, -0.15) is 0 Å². The smallest absolute Gasteiger partial charge is 0.309 e. The minimum Gasteiger partial charge on any atom is -0.463 e. The van der Waals surface area contributed by atoms with Crippen LogP contribution in [0.15, 0.2) is 0 Å². The van der Waals surface area contributed by atoms with Crippen LogP contribution in [0.3, 0.4) is 0 Å². The van der Waals surface area contributed by atoms with Crippen molar-refractivity contribution in [3.05, 3.63) is 0 Å². The average Bonchev–Trinajstić information content (AvgIpc) is 3.09. The molecule has 3 rings (SSSR count). The van der Waals surface area contributed by atoms with Crippen molar-refractivity contribution in [2.24, 2.45) is 17.8 Å². The summed E-state index contributed by atoms with van der Waals surface area (Å²) in [6, 6.07) is 0. The lowest BCUT2D eigenvalue weighted by molar-refractivity contribution is -0.158. The highest BCUT2D eigenvalue weighted by atomic mass is 16.7. The van der Waals surface area contributed by atoms with Crippen LogP contribution in [0.25, 0.3) is 0 Å². The van der Waals surface area contributed by atoms with Gasteiger partial charge in [0.2, 0.25) is 0 Å². The second-order valence-corrected chi connectivity index (χ2v) is 8.74. The van der Waals surface area contributed by atoms with Gasteiger partial charge in [-0.1, -0.05) is 38.5 Å². The SMILES string of the molecule is CN(C)CC1OCC(COC(=O)C(C2CCCCC2)C2CCCCC2)O1. The first-order chi connectivity index (χ1) is 12.6. The Labute approximate surface area is 158 Å². The Bertz CT molecular complexity index is 412. The van der Waals surface area contributed by atoms with Crippen LogP contribution in [0.1, 0.15) is 64.2 Å². The van der Waals surface area contributed by atoms with Crippen LogP contribution >= 0.6 is 0 Å². The summed E-state index contributed by atoms with van der Waals surface area (Å²) in [6.45, 7) is 1.58. The van der Waals surface area contributed by atoms with E-state index in [4.69, 9.17) is 14.2 Å². The van der Waals surface area contributed by atoms with Crippen molar-refractivity contribution in [2.75, 3.05) is 33.9 Å². The number of hydrogen-bond acceptors (Lipinski definition) is 5. The summed E-state index contributed by atoms with van der Waals surface area (Å²) in [5.74, 6) is 1.20. The number of rotatable bonds is 7. The Morgan fingerprint density at radius 3 is 2.12 bits per heavy atom. The van der Waals surface area contributed by atoms with Crippen molar-refractivity contribution in [3.8, 4) is 0 Å². The molecule has 0 spiro atoms. The molecule has 5 heteroatoms. The van der Waals surface area contributed by atoms with E-state index >= 15 is 0 Å². The molecule has 3 aliphatic rings. The van der Waals surface area contributed by atoms with E-state index in [2.05, 4.69) is 0 Å². The number of esters is 1. The molecule has 2 aliphatic carbocycles. The lowest BCUT2D eigenvalue weighted by atomic mass is 9.69. The molecule has 150 valence electrons. The minimum atomic E-state index is -0.207. The number of nitrogens with zero attached hydrogens (tertiary/aromatic N) is 1. The van der Waals surface area contributed by atoms with Crippen LogP contribution in [0, 0.1) is 17.8 Å². The average molecular weight is 368 g/mol. The maximum absolute atomic E-state index is 13.0. The first-order valence-corrected chi connectivity index (χ1v) is 10.7. The second kappa shape index (κ2) is 10.0. The van der Waals surface area contributed by atoms with Crippen molar-refractivity contribution in [1.82, 2.24) is 4.90 Å². The molecule has 0 amide bonds. The summed E-state index contributed by atoms with van der Waals surface area (Å²) in [6.07, 6.45) is 12.2. The lowest BCUT2D eigenvalue weighted by Gasteiger charge is -2.36. The van der Waals surface area contributed by atoms with Crippen molar-refractivity contribution >= 4 is 5.97 Å². The summed E-state index contributed by atoms with van der Waals surface area (Å²) < 4.78 is 17.3. The third kappa shape index (κ3) is 5.67. The Hall–Kier alpha value is -0.650. The van der Waals surface area contributed by atoms with E-state index in [0.717, 1.165) is 6.54 Å². The number of carbonyl (C=O) groups is 1. The van der Waals surface area contributed by atoms with Gasteiger partial charge in [-0.25, -0.2) is 0 Å². The highest BCUT2D eigenvalue weighted by molar-refractivity contribution is 5.73. The van der Waals surface area contributed by atoms with E-state index in [0.29, 0.717) is 25.0 Å². The van der Waals surface area contributed by atoms with E-state index in [1.807, 2.05) is 19.0 Å². The van der Waals surface area contributed by atoms with Gasteiger partial charge in [0.1, 0.15) is 12.7 Å². The minimum absolute atomic E-state index is 0.0310. The molecule has 0 N–H and O–H groups in total. The topological polar surface area (TPSA) is 48.0 Å². The molecule has 3 fully saturated rings. The molecular weight excluding hydrogens is 330 g/mol. The molecule has 5 nitrogen and oxygen atoms in total. The number of hydrogen-bond donors (Lipinski definition) is 0. The fourth-order valence-corrected chi connectivity index (χ4v) is 5.02. The first-order valence-electron chi connectivity index (χ1n) is 10.7. The molecule has 1 heterocycles. The largest absolute Gasteiger partial charge is 0.463 e. The van der Waals surface area contributed by atoms with Gasteiger partial charge < -0.3 is 19.1 Å². The maximum atomic E-state index is 13.0. The van der Waals surface area contributed by atoms with E-state index in [1.54, 1.807) is 0 Å². The molecule has 2 unspecified atom stereocenters. The van der Waals surface area contributed by atoms with Gasteiger partial charge in [0.05, 0.1) is 12.5 Å². The Balaban J connectivity index is 1.52. The quantitative estimate of drug-likeness (QED) is 0.643. The lowest BCUT2D eigenvalue weighted by Crippen LogP contribution is -2.36. The second-order valence-electron chi connectivity index (χ2n) is 8.74. The predicted molar refractivity (Wildman–Crippen MR) is 101 cm³/mol. The fourth-order valence-electron chi connectivity index (χ4n) is 5.02. The summed E-state index contributed by atoms with van der Waals surface area (Å²) >= 11 is 0. The summed E-state index contributed by atoms with van der Waals surface area (Å²) in [5, 5.41) is 0. The number of ether oxygens (including phenoxy) is 3. The molecule has 26 heavy (non-hydrogen) atoms. The van der Waals surface area contributed by atoms with Crippen molar-refractivity contribution in [3.63, 3.8) is 0 Å². The maximum Gasteiger partial charge on any atom is 0.309 e. The molecule has 1 saturated heterocycles. The van der Waals surface area contributed by atoms with Crippen LogP contribution in [0.2, 0.25) is 0 Å². The van der Waals surface area contributed by atoms with Crippen molar-refractivity contribution < 1.29 is 19.0 Å². The summed E-state index contributed by atoms with van der Waals surface area (Å²) in [5.41, 5.74) is 0. The molecule has 0 aromatic rings. The highest BCUT2D eigenvalue weighted by Crippen LogP contribution is 2.40. The molecule has 1 aliphatic heterocycles. The zero-order chi connectivity index (χ0) is 18.4. The van der Waals surface area contributed by atoms with Gasteiger partial charge in [-0.15, -0.1) is 0 Å². The van der Waals surface area contributed by atoms with E-state index in [1.165, 1.54) is 64.2 Å². The van der Waals surface area contributed by atoms with Crippen molar-refractivity contribution in [2.45, 2.75) is 76.6 Å². The fraction of sp³-hybridized carbons (Fsp3) is 0.952. The summed E-state index contributed by atoms with van der Waals surface area (Å²) in [7, 11) is 4.00. The normalized spacial score (nSPS) is 28.8. The van der Waals surface area contributed by atoms with Gasteiger partial charge in [-0.05, 0) is 51.6 Å². The van der Waals surface area contributed by atoms with Gasteiger partial charge in [0, 0.05) is 6.54 Å². The monoisotopic (exact) mass is 367 g/mol. The van der Waals surface area contributed by atoms with Crippen LogP contribution < -0.4 is 0 Å². The number of likely N-dealkylation sites (N-methyl/N-ethyl adjacent to an activating group) is 1. The molecule has 0 radical (unpaired) electrons. The highest BCUT2D eigenvalue weighted by Gasteiger charge is 2.38. The Kier molecular flexibility index (Phi) is 7.77. The van der Waals surface area contributed by atoms with Gasteiger partial charge in [0.15, 0.2) is 6.29 Å². The van der Waals surface area contributed by atoms with Gasteiger partial charge in [0.25, 0.3) is 0 Å². The van der Waals surface area contributed by atoms with E-state index < -0.39 is 0 Å². The molecule has 0 aromatic heterocycles. The third-order valence-electron chi connectivity index (χ3n) is 6.33. The number of carbonyl (C=O) groups excluding carboxylic acids is 1. The Morgan fingerprint density at radius 2 is 1.58 bits per heavy atom. The van der Waals surface area contributed by atoms with E-state index in [9.17, 15) is 4.79 Å². The molecule has 2 atom stereocenters. The first kappa shape index (κ1) is 20.1. The standard InChI is InChI=1S/C21H37NO4/c1-22(2)13-19-24-14-18(26-19)15-25-21(23)20(16-9-5-3-6-10-16)17-11-7-4-8-12-17/h16-20H,3-15H2,1-2H3.